The first-order valence-electron chi connectivity index (χ1n) is 5.89. The molecular formula is C14H12N4O. The van der Waals surface area contributed by atoms with Crippen molar-refractivity contribution in [2.75, 3.05) is 0 Å². The van der Waals surface area contributed by atoms with Crippen molar-refractivity contribution < 1.29 is 4.79 Å². The third-order valence-corrected chi connectivity index (χ3v) is 3.07. The second-order valence-corrected chi connectivity index (χ2v) is 4.31. The van der Waals surface area contributed by atoms with Gasteiger partial charge in [0.1, 0.15) is 5.92 Å². The lowest BCUT2D eigenvalue weighted by Gasteiger charge is -2.13. The van der Waals surface area contributed by atoms with Crippen molar-refractivity contribution in [3.63, 3.8) is 0 Å². The van der Waals surface area contributed by atoms with Gasteiger partial charge in [-0.2, -0.15) is 5.10 Å². The Morgan fingerprint density at radius 1 is 1.26 bits per heavy atom. The highest BCUT2D eigenvalue weighted by Crippen LogP contribution is 2.25. The lowest BCUT2D eigenvalue weighted by molar-refractivity contribution is -0.118. The Labute approximate surface area is 109 Å². The average molecular weight is 252 g/mol. The van der Waals surface area contributed by atoms with E-state index in [1.54, 1.807) is 24.5 Å². The predicted molar refractivity (Wildman–Crippen MR) is 71.4 cm³/mol. The zero-order chi connectivity index (χ0) is 13.2. The first-order valence-corrected chi connectivity index (χ1v) is 5.89. The molecule has 0 radical (unpaired) electrons. The molecule has 5 heteroatoms. The summed E-state index contributed by atoms with van der Waals surface area (Å²) in [5, 5.41) is 7.84. The van der Waals surface area contributed by atoms with Gasteiger partial charge in [0.25, 0.3) is 0 Å². The highest BCUT2D eigenvalue weighted by molar-refractivity contribution is 5.87. The summed E-state index contributed by atoms with van der Waals surface area (Å²) in [5.41, 5.74) is 7.85. The Balaban J connectivity index is 2.12. The van der Waals surface area contributed by atoms with Crippen LogP contribution in [-0.4, -0.2) is 21.1 Å². The summed E-state index contributed by atoms with van der Waals surface area (Å²) in [7, 11) is 0. The van der Waals surface area contributed by atoms with Crippen molar-refractivity contribution in [3.05, 3.63) is 60.0 Å². The Kier molecular flexibility index (Phi) is 2.72. The maximum atomic E-state index is 11.7. The molecule has 1 unspecified atom stereocenters. The zero-order valence-electron chi connectivity index (χ0n) is 10.1. The van der Waals surface area contributed by atoms with Gasteiger partial charge in [-0.25, -0.2) is 0 Å². The van der Waals surface area contributed by atoms with Crippen molar-refractivity contribution in [1.82, 2.24) is 15.2 Å². The fourth-order valence-corrected chi connectivity index (χ4v) is 2.16. The molecule has 0 aliphatic carbocycles. The molecule has 2 aromatic heterocycles. The van der Waals surface area contributed by atoms with E-state index < -0.39 is 11.8 Å². The second kappa shape index (κ2) is 4.53. The highest BCUT2D eigenvalue weighted by atomic mass is 16.1. The summed E-state index contributed by atoms with van der Waals surface area (Å²) in [6, 6.07) is 11.1. The van der Waals surface area contributed by atoms with Crippen molar-refractivity contribution in [1.29, 1.82) is 0 Å². The Morgan fingerprint density at radius 3 is 2.89 bits per heavy atom. The topological polar surface area (TPSA) is 84.7 Å². The van der Waals surface area contributed by atoms with Crippen LogP contribution in [-0.2, 0) is 4.79 Å². The number of nitrogens with two attached hydrogens (primary N) is 1. The number of nitrogens with one attached hydrogen (secondary N) is 1. The molecule has 1 aromatic carbocycles. The van der Waals surface area contributed by atoms with Crippen LogP contribution >= 0.6 is 0 Å². The van der Waals surface area contributed by atoms with Crippen LogP contribution in [0.5, 0.6) is 0 Å². The third kappa shape index (κ3) is 2.06. The van der Waals surface area contributed by atoms with E-state index >= 15 is 0 Å². The number of pyridine rings is 1. The van der Waals surface area contributed by atoms with Crippen LogP contribution in [0.2, 0.25) is 0 Å². The van der Waals surface area contributed by atoms with Gasteiger partial charge in [0, 0.05) is 11.6 Å². The average Bonchev–Trinajstić information content (AvgIpc) is 2.87. The molecule has 3 rings (SSSR count). The van der Waals surface area contributed by atoms with Crippen LogP contribution in [0, 0.1) is 0 Å². The monoisotopic (exact) mass is 252 g/mol. The number of carbonyl (C=O) groups is 1. The largest absolute Gasteiger partial charge is 0.369 e. The van der Waals surface area contributed by atoms with Crippen molar-refractivity contribution in [2.45, 2.75) is 5.92 Å². The van der Waals surface area contributed by atoms with Gasteiger partial charge in [0.05, 0.1) is 17.4 Å². The summed E-state index contributed by atoms with van der Waals surface area (Å²) in [5.74, 6) is -0.966. The Hall–Kier alpha value is -2.69. The first kappa shape index (κ1) is 11.4. The molecule has 0 aliphatic heterocycles. The molecule has 1 amide bonds. The summed E-state index contributed by atoms with van der Waals surface area (Å²) in [6.07, 6.45) is 3.39. The minimum Gasteiger partial charge on any atom is -0.369 e. The molecule has 3 aromatic rings. The van der Waals surface area contributed by atoms with E-state index in [2.05, 4.69) is 15.2 Å². The van der Waals surface area contributed by atoms with Gasteiger partial charge < -0.3 is 5.73 Å². The lowest BCUT2D eigenvalue weighted by Crippen LogP contribution is -2.23. The van der Waals surface area contributed by atoms with E-state index in [0.717, 1.165) is 16.5 Å². The van der Waals surface area contributed by atoms with E-state index in [0.29, 0.717) is 5.69 Å². The molecule has 1 atom stereocenters. The maximum Gasteiger partial charge on any atom is 0.231 e. The fraction of sp³-hybridized carbons (Fsp3) is 0.0714. The van der Waals surface area contributed by atoms with Gasteiger partial charge >= 0.3 is 0 Å². The molecule has 0 saturated heterocycles. The number of primary amides is 1. The van der Waals surface area contributed by atoms with E-state index in [4.69, 9.17) is 5.73 Å². The number of benzene rings is 1. The lowest BCUT2D eigenvalue weighted by atomic mass is 9.94. The van der Waals surface area contributed by atoms with Gasteiger partial charge in [-0.3, -0.25) is 14.9 Å². The third-order valence-electron chi connectivity index (χ3n) is 3.07. The number of hydrogen-bond donors (Lipinski definition) is 2. The molecule has 2 heterocycles. The normalized spacial score (nSPS) is 12.4. The number of rotatable bonds is 3. The van der Waals surface area contributed by atoms with Crippen LogP contribution in [0.15, 0.2) is 48.8 Å². The predicted octanol–water partition coefficient (Wildman–Crippen LogP) is 1.58. The minimum absolute atomic E-state index is 0.419. The molecule has 0 saturated carbocycles. The number of H-pyrrole nitrogens is 1. The highest BCUT2D eigenvalue weighted by Gasteiger charge is 2.21. The number of aromatic nitrogens is 3. The van der Waals surface area contributed by atoms with Crippen LogP contribution in [0.3, 0.4) is 0 Å². The summed E-state index contributed by atoms with van der Waals surface area (Å²) < 4.78 is 0. The number of carbonyl (C=O) groups excluding carboxylic acids is 1. The summed E-state index contributed by atoms with van der Waals surface area (Å²) in [4.78, 5) is 15.9. The Morgan fingerprint density at radius 2 is 2.16 bits per heavy atom. The first-order chi connectivity index (χ1) is 9.25. The number of aromatic amines is 1. The number of nitrogens with zero attached hydrogens (tertiary/aromatic N) is 2. The molecule has 19 heavy (non-hydrogen) atoms. The number of hydrogen-bond acceptors (Lipinski definition) is 3. The maximum absolute atomic E-state index is 11.7. The van der Waals surface area contributed by atoms with Gasteiger partial charge in [-0.15, -0.1) is 0 Å². The van der Waals surface area contributed by atoms with Crippen molar-refractivity contribution >= 4 is 16.8 Å². The standard InChI is InChI=1S/C14H12N4O/c15-14(19)13(11-3-1-2-6-16-11)9-4-5-10-8-17-18-12(10)7-9/h1-8,13H,(H2,15,19)(H,17,18). The molecule has 3 N–H and O–H groups in total. The van der Waals surface area contributed by atoms with Gasteiger partial charge in [0.2, 0.25) is 5.91 Å². The second-order valence-electron chi connectivity index (χ2n) is 4.31. The fourth-order valence-electron chi connectivity index (χ4n) is 2.16. The summed E-state index contributed by atoms with van der Waals surface area (Å²) >= 11 is 0. The molecule has 0 bridgehead atoms. The van der Waals surface area contributed by atoms with Crippen LogP contribution in [0.4, 0.5) is 0 Å². The molecule has 0 aliphatic rings. The summed E-state index contributed by atoms with van der Waals surface area (Å²) in [6.45, 7) is 0. The Bertz CT molecular complexity index is 720. The van der Waals surface area contributed by atoms with Crippen LogP contribution in [0.25, 0.3) is 10.9 Å². The van der Waals surface area contributed by atoms with E-state index in [9.17, 15) is 4.79 Å². The quantitative estimate of drug-likeness (QED) is 0.742. The smallest absolute Gasteiger partial charge is 0.231 e. The van der Waals surface area contributed by atoms with E-state index in [1.807, 2.05) is 24.3 Å². The number of fused-ring (bicyclic) bond motifs is 1. The molecular weight excluding hydrogens is 240 g/mol. The zero-order valence-corrected chi connectivity index (χ0v) is 10.1. The van der Waals surface area contributed by atoms with Crippen molar-refractivity contribution in [2.24, 2.45) is 5.73 Å². The van der Waals surface area contributed by atoms with Gasteiger partial charge in [-0.05, 0) is 23.8 Å². The van der Waals surface area contributed by atoms with Gasteiger partial charge in [0.15, 0.2) is 0 Å². The molecule has 94 valence electrons. The minimum atomic E-state index is -0.547. The molecule has 0 fully saturated rings. The van der Waals surface area contributed by atoms with Crippen LogP contribution < -0.4 is 5.73 Å². The SMILES string of the molecule is NC(=O)C(c1ccc2cn[nH]c2c1)c1ccccn1. The molecule has 5 nitrogen and oxygen atoms in total. The van der Waals surface area contributed by atoms with E-state index in [1.165, 1.54) is 0 Å². The van der Waals surface area contributed by atoms with Gasteiger partial charge in [-0.1, -0.05) is 18.2 Å². The van der Waals surface area contributed by atoms with Crippen molar-refractivity contribution in [3.8, 4) is 0 Å². The molecule has 0 spiro atoms. The number of amides is 1. The van der Waals surface area contributed by atoms with E-state index in [-0.39, 0.29) is 0 Å². The van der Waals surface area contributed by atoms with Crippen LogP contribution in [0.1, 0.15) is 17.2 Å².